The first-order valence-corrected chi connectivity index (χ1v) is 9.27. The summed E-state index contributed by atoms with van der Waals surface area (Å²) in [7, 11) is 0. The van der Waals surface area contributed by atoms with Gasteiger partial charge in [0.2, 0.25) is 0 Å². The molecule has 0 aliphatic carbocycles. The van der Waals surface area contributed by atoms with Gasteiger partial charge in [0.15, 0.2) is 6.61 Å². The first-order valence-electron chi connectivity index (χ1n) is 9.27. The number of nitrogens with zero attached hydrogens (tertiary/aromatic N) is 1. The van der Waals surface area contributed by atoms with Crippen molar-refractivity contribution in [3.63, 3.8) is 0 Å². The number of rotatable bonds is 9. The lowest BCUT2D eigenvalue weighted by Gasteiger charge is -2.12. The summed E-state index contributed by atoms with van der Waals surface area (Å²) in [5.74, 6) is 1.65. The lowest BCUT2D eigenvalue weighted by atomic mass is 10.0. The number of carbonyl (C=O) groups excluding carboxylic acids is 1. The summed E-state index contributed by atoms with van der Waals surface area (Å²) in [6.45, 7) is 8.89. The molecule has 0 heterocycles. The third-order valence-electron chi connectivity index (χ3n) is 3.99. The average Bonchev–Trinajstić information content (AvgIpc) is 2.66. The molecule has 0 atom stereocenters. The predicted octanol–water partition coefficient (Wildman–Crippen LogP) is 4.44. The maximum atomic E-state index is 11.9. The largest absolute Gasteiger partial charge is 0.494 e. The van der Waals surface area contributed by atoms with E-state index >= 15 is 0 Å². The van der Waals surface area contributed by atoms with Gasteiger partial charge in [-0.15, -0.1) is 0 Å². The van der Waals surface area contributed by atoms with Gasteiger partial charge < -0.3 is 9.47 Å². The minimum atomic E-state index is -0.302. The average molecular weight is 368 g/mol. The maximum Gasteiger partial charge on any atom is 0.277 e. The molecule has 2 aromatic rings. The third kappa shape index (κ3) is 6.77. The van der Waals surface area contributed by atoms with Crippen LogP contribution in [0.3, 0.4) is 0 Å². The number of carbonyl (C=O) groups is 1. The van der Waals surface area contributed by atoms with Gasteiger partial charge in [-0.2, -0.15) is 5.10 Å². The second kappa shape index (κ2) is 10.4. The van der Waals surface area contributed by atoms with Crippen molar-refractivity contribution in [3.05, 3.63) is 59.2 Å². The Morgan fingerprint density at radius 2 is 1.89 bits per heavy atom. The molecule has 5 heteroatoms. The lowest BCUT2D eigenvalue weighted by molar-refractivity contribution is -0.123. The molecule has 1 N–H and O–H groups in total. The van der Waals surface area contributed by atoms with Crippen LogP contribution in [-0.2, 0) is 4.79 Å². The molecular formula is C22H28N2O3. The van der Waals surface area contributed by atoms with Crippen LogP contribution in [0.25, 0.3) is 0 Å². The molecule has 27 heavy (non-hydrogen) atoms. The summed E-state index contributed by atoms with van der Waals surface area (Å²) in [5, 5.41) is 3.97. The van der Waals surface area contributed by atoms with Gasteiger partial charge in [-0.05, 0) is 66.3 Å². The molecule has 0 aliphatic rings. The summed E-state index contributed by atoms with van der Waals surface area (Å²) >= 11 is 0. The van der Waals surface area contributed by atoms with Crippen molar-refractivity contribution in [2.45, 2.75) is 40.0 Å². The molecule has 1 amide bonds. The first-order chi connectivity index (χ1) is 13.0. The Morgan fingerprint density at radius 3 is 2.56 bits per heavy atom. The van der Waals surface area contributed by atoms with Crippen molar-refractivity contribution in [1.29, 1.82) is 0 Å². The number of nitrogens with one attached hydrogen (secondary N) is 1. The summed E-state index contributed by atoms with van der Waals surface area (Å²) < 4.78 is 11.2. The highest BCUT2D eigenvalue weighted by molar-refractivity contribution is 5.83. The smallest absolute Gasteiger partial charge is 0.277 e. The van der Waals surface area contributed by atoms with Gasteiger partial charge in [0.05, 0.1) is 12.8 Å². The molecule has 0 saturated heterocycles. The summed E-state index contributed by atoms with van der Waals surface area (Å²) in [5.41, 5.74) is 5.54. The molecule has 0 saturated carbocycles. The minimum absolute atomic E-state index is 0.0798. The summed E-state index contributed by atoms with van der Waals surface area (Å²) in [6, 6.07) is 13.6. The van der Waals surface area contributed by atoms with Crippen LogP contribution in [0.5, 0.6) is 11.5 Å². The van der Waals surface area contributed by atoms with E-state index in [1.807, 2.05) is 43.3 Å². The molecule has 0 unspecified atom stereocenters. The second-order valence-electron chi connectivity index (χ2n) is 6.68. The number of benzene rings is 2. The number of ether oxygens (including phenoxy) is 2. The highest BCUT2D eigenvalue weighted by atomic mass is 16.5. The number of hydrazone groups is 1. The van der Waals surface area contributed by atoms with E-state index in [0.717, 1.165) is 29.0 Å². The van der Waals surface area contributed by atoms with Crippen molar-refractivity contribution >= 4 is 12.1 Å². The topological polar surface area (TPSA) is 59.9 Å². The Labute approximate surface area is 161 Å². The van der Waals surface area contributed by atoms with Gasteiger partial charge in [-0.3, -0.25) is 4.79 Å². The quantitative estimate of drug-likeness (QED) is 0.526. The zero-order valence-electron chi connectivity index (χ0n) is 16.5. The fourth-order valence-electron chi connectivity index (χ4n) is 2.36. The molecule has 0 bridgehead atoms. The number of hydrogen-bond donors (Lipinski definition) is 1. The van der Waals surface area contributed by atoms with Crippen LogP contribution in [0.15, 0.2) is 47.6 Å². The monoisotopic (exact) mass is 368 g/mol. The van der Waals surface area contributed by atoms with Gasteiger partial charge in [-0.25, -0.2) is 5.43 Å². The van der Waals surface area contributed by atoms with E-state index in [2.05, 4.69) is 37.4 Å². The van der Waals surface area contributed by atoms with Crippen LogP contribution >= 0.6 is 0 Å². The zero-order chi connectivity index (χ0) is 19.6. The molecule has 0 spiro atoms. The summed E-state index contributed by atoms with van der Waals surface area (Å²) in [4.78, 5) is 11.9. The maximum absolute atomic E-state index is 11.9. The number of hydrogen-bond acceptors (Lipinski definition) is 4. The van der Waals surface area contributed by atoms with E-state index in [1.165, 1.54) is 5.56 Å². The number of aryl methyl sites for hydroxylation is 1. The Balaban J connectivity index is 1.82. The SMILES string of the molecule is CCCOc1ccc(/C=N\NC(=O)COc2cc(C(C)C)ccc2C)cc1. The normalized spacial score (nSPS) is 11.0. The van der Waals surface area contributed by atoms with Crippen molar-refractivity contribution < 1.29 is 14.3 Å². The molecule has 0 aliphatic heterocycles. The van der Waals surface area contributed by atoms with Crippen LogP contribution in [0, 0.1) is 6.92 Å². The van der Waals surface area contributed by atoms with E-state index in [0.29, 0.717) is 12.5 Å². The predicted molar refractivity (Wildman–Crippen MR) is 109 cm³/mol. The zero-order valence-corrected chi connectivity index (χ0v) is 16.5. The number of amides is 1. The Morgan fingerprint density at radius 1 is 1.15 bits per heavy atom. The molecule has 0 aromatic heterocycles. The highest BCUT2D eigenvalue weighted by Gasteiger charge is 2.07. The van der Waals surface area contributed by atoms with E-state index in [4.69, 9.17) is 9.47 Å². The van der Waals surface area contributed by atoms with Crippen LogP contribution in [-0.4, -0.2) is 25.3 Å². The van der Waals surface area contributed by atoms with Gasteiger partial charge in [-0.1, -0.05) is 32.9 Å². The molecule has 2 rings (SSSR count). The van der Waals surface area contributed by atoms with Gasteiger partial charge in [0.25, 0.3) is 5.91 Å². The summed E-state index contributed by atoms with van der Waals surface area (Å²) in [6.07, 6.45) is 2.56. The van der Waals surface area contributed by atoms with Crippen LogP contribution in [0.1, 0.15) is 49.8 Å². The van der Waals surface area contributed by atoms with E-state index < -0.39 is 0 Å². The fourth-order valence-corrected chi connectivity index (χ4v) is 2.36. The lowest BCUT2D eigenvalue weighted by Crippen LogP contribution is -2.24. The van der Waals surface area contributed by atoms with Crippen molar-refractivity contribution in [1.82, 2.24) is 5.43 Å². The Hall–Kier alpha value is -2.82. The molecule has 144 valence electrons. The standard InChI is InChI=1S/C22H28N2O3/c1-5-12-26-20-10-7-18(8-11-20)14-23-24-22(25)15-27-21-13-19(16(2)3)9-6-17(21)4/h6-11,13-14,16H,5,12,15H2,1-4H3,(H,24,25)/b23-14-. The fraction of sp³-hybridized carbons (Fsp3) is 0.364. The van der Waals surface area contributed by atoms with Crippen molar-refractivity contribution in [3.8, 4) is 11.5 Å². The van der Waals surface area contributed by atoms with Crippen molar-refractivity contribution in [2.75, 3.05) is 13.2 Å². The first kappa shape index (κ1) is 20.5. The molecular weight excluding hydrogens is 340 g/mol. The highest BCUT2D eigenvalue weighted by Crippen LogP contribution is 2.24. The molecule has 0 radical (unpaired) electrons. The van der Waals surface area contributed by atoms with Gasteiger partial charge in [0, 0.05) is 0 Å². The Bertz CT molecular complexity index is 768. The van der Waals surface area contributed by atoms with Gasteiger partial charge in [0.1, 0.15) is 11.5 Å². The van der Waals surface area contributed by atoms with Gasteiger partial charge >= 0.3 is 0 Å². The van der Waals surface area contributed by atoms with E-state index in [1.54, 1.807) is 6.21 Å². The molecule has 5 nitrogen and oxygen atoms in total. The van der Waals surface area contributed by atoms with Crippen LogP contribution in [0.4, 0.5) is 0 Å². The molecule has 0 fully saturated rings. The third-order valence-corrected chi connectivity index (χ3v) is 3.99. The second-order valence-corrected chi connectivity index (χ2v) is 6.68. The van der Waals surface area contributed by atoms with E-state index in [9.17, 15) is 4.79 Å². The van der Waals surface area contributed by atoms with E-state index in [-0.39, 0.29) is 12.5 Å². The molecule has 2 aromatic carbocycles. The van der Waals surface area contributed by atoms with Crippen LogP contribution < -0.4 is 14.9 Å². The van der Waals surface area contributed by atoms with Crippen LogP contribution in [0.2, 0.25) is 0 Å². The Kier molecular flexibility index (Phi) is 7.86. The van der Waals surface area contributed by atoms with Crippen molar-refractivity contribution in [2.24, 2.45) is 5.10 Å². The minimum Gasteiger partial charge on any atom is -0.494 e.